The van der Waals surface area contributed by atoms with Gasteiger partial charge in [0.15, 0.2) is 5.78 Å². The molecule has 2 N–H and O–H groups in total. The van der Waals surface area contributed by atoms with Crippen LogP contribution in [0.25, 0.3) is 0 Å². The van der Waals surface area contributed by atoms with Crippen molar-refractivity contribution in [3.05, 3.63) is 52.8 Å². The van der Waals surface area contributed by atoms with Gasteiger partial charge in [-0.1, -0.05) is 18.2 Å². The molecule has 1 aromatic carbocycles. The number of rotatable bonds is 9. The Morgan fingerprint density at radius 3 is 2.46 bits per heavy atom. The molecule has 0 saturated heterocycles. The van der Waals surface area contributed by atoms with E-state index in [0.29, 0.717) is 23.5 Å². The average Bonchev–Trinajstić information content (AvgIpc) is 3.01. The van der Waals surface area contributed by atoms with E-state index in [-0.39, 0.29) is 23.7 Å². The van der Waals surface area contributed by atoms with Crippen molar-refractivity contribution in [2.45, 2.75) is 26.7 Å². The van der Waals surface area contributed by atoms with Crippen LogP contribution in [0, 0.1) is 6.92 Å². The summed E-state index contributed by atoms with van der Waals surface area (Å²) < 4.78 is 4.79. The number of hydrogen-bond acceptors (Lipinski definition) is 5. The Morgan fingerprint density at radius 1 is 1.18 bits per heavy atom. The number of esters is 1. The first-order valence-corrected chi connectivity index (χ1v) is 9.18. The fourth-order valence-electron chi connectivity index (χ4n) is 3.10. The zero-order valence-corrected chi connectivity index (χ0v) is 16.8. The lowest BCUT2D eigenvalue weighted by Gasteiger charge is -2.19. The number of amides is 1. The third-order valence-electron chi connectivity index (χ3n) is 4.60. The molecule has 7 nitrogen and oxygen atoms in total. The van der Waals surface area contributed by atoms with E-state index < -0.39 is 5.97 Å². The molecule has 7 heteroatoms. The smallest absolute Gasteiger partial charge is 0.339 e. The molecule has 0 aliphatic carbocycles. The Hall–Kier alpha value is -3.09. The number of nitrogens with zero attached hydrogens (tertiary/aromatic N) is 1. The second-order valence-electron chi connectivity index (χ2n) is 6.66. The molecule has 0 aliphatic heterocycles. The van der Waals surface area contributed by atoms with Crippen molar-refractivity contribution in [3.8, 4) is 0 Å². The first kappa shape index (κ1) is 21.2. The third kappa shape index (κ3) is 5.22. The lowest BCUT2D eigenvalue weighted by molar-refractivity contribution is -0.120. The van der Waals surface area contributed by atoms with Crippen LogP contribution in [0.2, 0.25) is 0 Å². The Morgan fingerprint density at radius 2 is 1.86 bits per heavy atom. The Bertz CT molecular complexity index is 843. The van der Waals surface area contributed by atoms with Gasteiger partial charge in [0, 0.05) is 38.4 Å². The summed E-state index contributed by atoms with van der Waals surface area (Å²) in [5.41, 5.74) is 2.61. The van der Waals surface area contributed by atoms with E-state index in [1.165, 1.54) is 14.0 Å². The summed E-state index contributed by atoms with van der Waals surface area (Å²) in [7, 11) is 3.28. The highest BCUT2D eigenvalue weighted by molar-refractivity contribution is 6.01. The minimum atomic E-state index is -0.562. The second kappa shape index (κ2) is 9.73. The number of aromatic amines is 1. The summed E-state index contributed by atoms with van der Waals surface area (Å²) in [6, 6.07) is 10.0. The molecular formula is C21H27N3O4. The lowest BCUT2D eigenvalue weighted by Crippen LogP contribution is -2.29. The number of H-pyrrole nitrogens is 1. The highest BCUT2D eigenvalue weighted by atomic mass is 16.5. The highest BCUT2D eigenvalue weighted by Crippen LogP contribution is 2.20. The molecule has 1 aromatic heterocycles. The van der Waals surface area contributed by atoms with Crippen molar-refractivity contribution in [3.63, 3.8) is 0 Å². The molecule has 0 radical (unpaired) electrons. The van der Waals surface area contributed by atoms with Gasteiger partial charge in [0.25, 0.3) is 0 Å². The SMILES string of the molecule is COC(=O)c1c(CC(=O)NCCCN(C)c2ccccc2)[nH]c(C(C)=O)c1C. The summed E-state index contributed by atoms with van der Waals surface area (Å²) in [5.74, 6) is -0.976. The van der Waals surface area contributed by atoms with Gasteiger partial charge in [-0.25, -0.2) is 4.79 Å². The first-order chi connectivity index (χ1) is 13.3. The van der Waals surface area contributed by atoms with Gasteiger partial charge >= 0.3 is 5.97 Å². The van der Waals surface area contributed by atoms with Gasteiger partial charge in [-0.3, -0.25) is 9.59 Å². The van der Waals surface area contributed by atoms with E-state index in [4.69, 9.17) is 4.74 Å². The summed E-state index contributed by atoms with van der Waals surface area (Å²) in [6.45, 7) is 4.39. The molecule has 0 saturated carbocycles. The molecule has 150 valence electrons. The van der Waals surface area contributed by atoms with Crippen molar-refractivity contribution in [1.29, 1.82) is 0 Å². The van der Waals surface area contributed by atoms with Gasteiger partial charge in [-0.2, -0.15) is 0 Å². The van der Waals surface area contributed by atoms with Crippen molar-refractivity contribution < 1.29 is 19.1 Å². The van der Waals surface area contributed by atoms with Crippen molar-refractivity contribution in [2.24, 2.45) is 0 Å². The maximum atomic E-state index is 12.3. The molecule has 2 rings (SSSR count). The van der Waals surface area contributed by atoms with Gasteiger partial charge in [0.2, 0.25) is 5.91 Å². The van der Waals surface area contributed by atoms with E-state index >= 15 is 0 Å². The first-order valence-electron chi connectivity index (χ1n) is 9.18. The van der Waals surface area contributed by atoms with Crippen molar-refractivity contribution in [2.75, 3.05) is 32.1 Å². The minimum Gasteiger partial charge on any atom is -0.465 e. The summed E-state index contributed by atoms with van der Waals surface area (Å²) >= 11 is 0. The molecule has 28 heavy (non-hydrogen) atoms. The second-order valence-corrected chi connectivity index (χ2v) is 6.66. The quantitative estimate of drug-likeness (QED) is 0.393. The van der Waals surface area contributed by atoms with Gasteiger partial charge in [-0.05, 0) is 31.0 Å². The number of carbonyl (C=O) groups excluding carboxylic acids is 3. The number of nitrogens with one attached hydrogen (secondary N) is 2. The monoisotopic (exact) mass is 385 g/mol. The Balaban J connectivity index is 1.91. The van der Waals surface area contributed by atoms with Crippen molar-refractivity contribution in [1.82, 2.24) is 10.3 Å². The standard InChI is InChI=1S/C21H27N3O4/c1-14-19(21(27)28-4)17(23-20(14)15(2)25)13-18(26)22-11-8-12-24(3)16-9-6-5-7-10-16/h5-7,9-10,23H,8,11-13H2,1-4H3,(H,22,26). The van der Waals surface area contributed by atoms with Crippen LogP contribution in [-0.2, 0) is 16.0 Å². The predicted molar refractivity (Wildman–Crippen MR) is 108 cm³/mol. The fourth-order valence-corrected chi connectivity index (χ4v) is 3.10. The van der Waals surface area contributed by atoms with Gasteiger partial charge in [-0.15, -0.1) is 0 Å². The van der Waals surface area contributed by atoms with Gasteiger partial charge < -0.3 is 19.9 Å². The van der Waals surface area contributed by atoms with Gasteiger partial charge in [0.05, 0.1) is 24.8 Å². The maximum Gasteiger partial charge on any atom is 0.339 e. The number of ether oxygens (including phenoxy) is 1. The third-order valence-corrected chi connectivity index (χ3v) is 4.60. The van der Waals surface area contributed by atoms with Crippen LogP contribution in [-0.4, -0.2) is 49.9 Å². The molecule has 1 amide bonds. The summed E-state index contributed by atoms with van der Waals surface area (Å²) in [5, 5.41) is 2.86. The maximum absolute atomic E-state index is 12.3. The summed E-state index contributed by atoms with van der Waals surface area (Å²) in [6.07, 6.45) is 0.760. The molecule has 0 spiro atoms. The number of hydrogen-bond donors (Lipinski definition) is 2. The molecule has 0 aliphatic rings. The van der Waals surface area contributed by atoms with E-state index in [1.807, 2.05) is 37.4 Å². The number of para-hydroxylation sites is 1. The van der Waals surface area contributed by atoms with Crippen molar-refractivity contribution >= 4 is 23.3 Å². The van der Waals surface area contributed by atoms with Crippen LogP contribution in [0.3, 0.4) is 0 Å². The number of Topliss-reactive ketones (excluding diaryl/α,β-unsaturated/α-hetero) is 1. The molecule has 0 unspecified atom stereocenters. The van der Waals surface area contributed by atoms with Crippen LogP contribution < -0.4 is 10.2 Å². The average molecular weight is 385 g/mol. The Labute approximate surface area is 165 Å². The van der Waals surface area contributed by atoms with E-state index in [9.17, 15) is 14.4 Å². The van der Waals surface area contributed by atoms with Crippen LogP contribution >= 0.6 is 0 Å². The fraction of sp³-hybridized carbons (Fsp3) is 0.381. The molecule has 2 aromatic rings. The van der Waals surface area contributed by atoms with Crippen LogP contribution in [0.5, 0.6) is 0 Å². The lowest BCUT2D eigenvalue weighted by atomic mass is 10.1. The molecular weight excluding hydrogens is 358 g/mol. The number of anilines is 1. The normalized spacial score (nSPS) is 10.4. The molecule has 0 fully saturated rings. The number of ketones is 1. The topological polar surface area (TPSA) is 91.5 Å². The van der Waals surface area contributed by atoms with Crippen LogP contribution in [0.4, 0.5) is 5.69 Å². The number of carbonyl (C=O) groups is 3. The predicted octanol–water partition coefficient (Wildman–Crippen LogP) is 2.50. The Kier molecular flexibility index (Phi) is 7.37. The van der Waals surface area contributed by atoms with E-state index in [0.717, 1.165) is 18.7 Å². The zero-order valence-electron chi connectivity index (χ0n) is 16.8. The molecule has 0 bridgehead atoms. The summed E-state index contributed by atoms with van der Waals surface area (Å²) in [4.78, 5) is 41.1. The van der Waals surface area contributed by atoms with Gasteiger partial charge in [0.1, 0.15) is 0 Å². The number of methoxy groups -OCH3 is 1. The van der Waals surface area contributed by atoms with Crippen LogP contribution in [0.1, 0.15) is 45.4 Å². The number of aromatic nitrogens is 1. The zero-order chi connectivity index (χ0) is 20.7. The van der Waals surface area contributed by atoms with E-state index in [2.05, 4.69) is 15.2 Å². The largest absolute Gasteiger partial charge is 0.465 e. The van der Waals surface area contributed by atoms with Crippen LogP contribution in [0.15, 0.2) is 30.3 Å². The minimum absolute atomic E-state index is 0.0208. The number of benzene rings is 1. The molecule has 0 atom stereocenters. The van der Waals surface area contributed by atoms with E-state index in [1.54, 1.807) is 6.92 Å². The highest BCUT2D eigenvalue weighted by Gasteiger charge is 2.24. The molecule has 1 heterocycles.